The van der Waals surface area contributed by atoms with Crippen LogP contribution in [0.2, 0.25) is 0 Å². The molecule has 4 atom stereocenters. The normalized spacial score (nSPS) is 22.9. The smallest absolute Gasteiger partial charge is 0.324 e. The van der Waals surface area contributed by atoms with Gasteiger partial charge in [-0.3, -0.25) is 30.2 Å². The van der Waals surface area contributed by atoms with Gasteiger partial charge in [0.15, 0.2) is 0 Å². The van der Waals surface area contributed by atoms with E-state index in [1.54, 1.807) is 6.20 Å². The van der Waals surface area contributed by atoms with Gasteiger partial charge in [0.25, 0.3) is 0 Å². The van der Waals surface area contributed by atoms with Gasteiger partial charge in [0, 0.05) is 59.9 Å². The van der Waals surface area contributed by atoms with Gasteiger partial charge in [-0.1, -0.05) is 63.2 Å². The predicted octanol–water partition coefficient (Wildman–Crippen LogP) is 6.34. The number of aliphatic imine (C=N–C) groups is 2. The molecular weight excluding hydrogens is 562 g/mol. The monoisotopic (exact) mass is 601 g/mol. The Labute approximate surface area is 263 Å². The Bertz CT molecular complexity index is 1780. The summed E-state index contributed by atoms with van der Waals surface area (Å²) in [6.07, 6.45) is 7.14. The van der Waals surface area contributed by atoms with Crippen molar-refractivity contribution in [3.63, 3.8) is 0 Å². The number of carbonyl (C=O) groups is 1. The van der Waals surface area contributed by atoms with Gasteiger partial charge < -0.3 is 10.1 Å². The third-order valence-corrected chi connectivity index (χ3v) is 8.98. The van der Waals surface area contributed by atoms with Crippen LogP contribution in [0.25, 0.3) is 21.9 Å². The molecule has 0 aliphatic carbocycles. The van der Waals surface area contributed by atoms with Gasteiger partial charge in [-0.15, -0.1) is 0 Å². The van der Waals surface area contributed by atoms with Crippen molar-refractivity contribution >= 4 is 34.5 Å². The van der Waals surface area contributed by atoms with Crippen molar-refractivity contribution in [3.05, 3.63) is 90.0 Å². The van der Waals surface area contributed by atoms with Crippen molar-refractivity contribution in [2.75, 3.05) is 18.5 Å². The maximum atomic E-state index is 13.5. The van der Waals surface area contributed by atoms with E-state index in [4.69, 9.17) is 19.7 Å². The van der Waals surface area contributed by atoms with E-state index < -0.39 is 6.04 Å². The molecule has 2 aromatic carbocycles. The molecule has 2 fully saturated rings. The van der Waals surface area contributed by atoms with Crippen LogP contribution < -0.4 is 10.6 Å². The van der Waals surface area contributed by atoms with Gasteiger partial charge in [0.1, 0.15) is 11.9 Å². The van der Waals surface area contributed by atoms with E-state index in [9.17, 15) is 4.79 Å². The van der Waals surface area contributed by atoms with Gasteiger partial charge in [-0.2, -0.15) is 0 Å². The number of urea groups is 1. The fourth-order valence-corrected chi connectivity index (χ4v) is 6.38. The summed E-state index contributed by atoms with van der Waals surface area (Å²) in [6.45, 7) is 10.9. The topological polar surface area (TPSA) is 104 Å². The van der Waals surface area contributed by atoms with E-state index in [2.05, 4.69) is 59.5 Å². The maximum Gasteiger partial charge on any atom is 0.324 e. The highest BCUT2D eigenvalue weighted by Crippen LogP contribution is 2.34. The Hall–Kier alpha value is -4.47. The van der Waals surface area contributed by atoms with Crippen LogP contribution in [0, 0.1) is 12.3 Å². The number of morpholine rings is 1. The number of amides is 2. The van der Waals surface area contributed by atoms with Gasteiger partial charge in [0.05, 0.1) is 30.1 Å². The first kappa shape index (κ1) is 29.3. The lowest BCUT2D eigenvalue weighted by Crippen LogP contribution is -2.42. The Morgan fingerprint density at radius 1 is 0.978 bits per heavy atom. The first-order chi connectivity index (χ1) is 21.7. The molecule has 4 unspecified atom stereocenters. The number of amidine groups is 1. The lowest BCUT2D eigenvalue weighted by Gasteiger charge is -2.30. The van der Waals surface area contributed by atoms with Crippen LogP contribution >= 0.6 is 0 Å². The zero-order valence-corrected chi connectivity index (χ0v) is 26.2. The molecule has 0 saturated carbocycles. The minimum Gasteiger partial charge on any atom is -0.375 e. The van der Waals surface area contributed by atoms with Crippen LogP contribution in [-0.4, -0.2) is 64.3 Å². The molecule has 0 spiro atoms. The second-order valence-electron chi connectivity index (χ2n) is 13.4. The van der Waals surface area contributed by atoms with Crippen molar-refractivity contribution in [2.24, 2.45) is 15.4 Å². The van der Waals surface area contributed by atoms with E-state index in [0.29, 0.717) is 23.7 Å². The Morgan fingerprint density at radius 3 is 2.51 bits per heavy atom. The number of carbonyl (C=O) groups excluding carboxylic acids is 1. The quantitative estimate of drug-likeness (QED) is 0.278. The van der Waals surface area contributed by atoms with Crippen LogP contribution in [-0.2, 0) is 11.3 Å². The molecule has 2 amide bonds. The molecule has 230 valence electrons. The molecule has 2 aromatic heterocycles. The number of benzene rings is 2. The van der Waals surface area contributed by atoms with Crippen LogP contribution in [0.3, 0.4) is 0 Å². The second kappa shape index (κ2) is 11.8. The highest BCUT2D eigenvalue weighted by molar-refractivity contribution is 6.11. The lowest BCUT2D eigenvalue weighted by atomic mass is 9.87. The summed E-state index contributed by atoms with van der Waals surface area (Å²) in [5.41, 5.74) is 5.52. The van der Waals surface area contributed by atoms with Crippen molar-refractivity contribution in [1.29, 1.82) is 0 Å². The minimum absolute atomic E-state index is 0.148. The summed E-state index contributed by atoms with van der Waals surface area (Å²) in [5.74, 6) is 0.502. The average molecular weight is 602 g/mol. The predicted molar refractivity (Wildman–Crippen MR) is 179 cm³/mol. The third kappa shape index (κ3) is 6.10. The molecule has 0 radical (unpaired) electrons. The highest BCUT2D eigenvalue weighted by Gasteiger charge is 2.38. The van der Waals surface area contributed by atoms with Crippen LogP contribution in [0.1, 0.15) is 50.2 Å². The number of pyridine rings is 2. The zero-order valence-electron chi connectivity index (χ0n) is 26.2. The average Bonchev–Trinajstić information content (AvgIpc) is 3.66. The number of fused-ring (bicyclic) bond motifs is 3. The van der Waals surface area contributed by atoms with Gasteiger partial charge in [-0.25, -0.2) is 4.79 Å². The van der Waals surface area contributed by atoms with Crippen molar-refractivity contribution in [3.8, 4) is 11.1 Å². The number of anilines is 1. The second-order valence-corrected chi connectivity index (χ2v) is 13.4. The van der Waals surface area contributed by atoms with Gasteiger partial charge in [-0.05, 0) is 47.9 Å². The first-order valence-corrected chi connectivity index (χ1v) is 15.7. The van der Waals surface area contributed by atoms with Crippen LogP contribution in [0.5, 0.6) is 0 Å². The summed E-state index contributed by atoms with van der Waals surface area (Å²) in [7, 11) is 0. The van der Waals surface area contributed by atoms with Gasteiger partial charge in [0.2, 0.25) is 0 Å². The number of nitrogens with one attached hydrogen (secondary N) is 2. The Kier molecular flexibility index (Phi) is 7.67. The summed E-state index contributed by atoms with van der Waals surface area (Å²) < 4.78 is 5.75. The fraction of sp³-hybridized carbons (Fsp3) is 0.361. The number of ether oxygens (including phenoxy) is 1. The third-order valence-electron chi connectivity index (χ3n) is 8.98. The van der Waals surface area contributed by atoms with Crippen molar-refractivity contribution in [1.82, 2.24) is 20.2 Å². The molecule has 2 saturated heterocycles. The van der Waals surface area contributed by atoms with E-state index in [0.717, 1.165) is 65.0 Å². The first-order valence-electron chi connectivity index (χ1n) is 15.7. The number of aromatic nitrogens is 2. The highest BCUT2D eigenvalue weighted by atomic mass is 16.5. The molecule has 45 heavy (non-hydrogen) atoms. The minimum atomic E-state index is -0.439. The Balaban J connectivity index is 1.11. The molecule has 5 heterocycles. The summed E-state index contributed by atoms with van der Waals surface area (Å²) in [4.78, 5) is 35.0. The summed E-state index contributed by atoms with van der Waals surface area (Å²) in [6, 6.07) is 19.8. The van der Waals surface area contributed by atoms with Crippen molar-refractivity contribution in [2.45, 2.75) is 64.9 Å². The van der Waals surface area contributed by atoms with E-state index >= 15 is 0 Å². The number of hydrogen-bond acceptors (Lipinski definition) is 7. The fourth-order valence-electron chi connectivity index (χ4n) is 6.38. The maximum absolute atomic E-state index is 13.5. The number of rotatable bonds is 5. The Morgan fingerprint density at radius 2 is 1.82 bits per heavy atom. The molecule has 2 bridgehead atoms. The lowest BCUT2D eigenvalue weighted by molar-refractivity contribution is 0.0268. The molecule has 3 aliphatic heterocycles. The molecular formula is C36H39N7O2. The summed E-state index contributed by atoms with van der Waals surface area (Å²) >= 11 is 0. The SMILES string of the molecule is Cc1ccc(C2N=CC(C(C)(C)C)N=C2NC(=O)Nc2ccc(-c3ccc(CN4CC5CC4CO5)nc3)c3ccccc23)cn1. The molecule has 9 heteroatoms. The standard InChI is InChI=1S/C36H39N7O2/c1-22-9-10-24(17-37-22)33-34(41-32(18-39-33)36(2,3)4)42-35(44)40-31-14-13-28(29-7-5-6-8-30(29)31)23-11-12-25(38-16-23)19-43-20-27-15-26(43)21-45-27/h5-14,16-18,26-27,32-33H,15,19-21H2,1-4H3,(H2,40,41,42,44). The molecule has 4 aromatic rings. The zero-order chi connectivity index (χ0) is 31.1. The molecule has 2 N–H and O–H groups in total. The van der Waals surface area contributed by atoms with Crippen LogP contribution in [0.15, 0.2) is 83.0 Å². The van der Waals surface area contributed by atoms with E-state index in [-0.39, 0.29) is 17.5 Å². The largest absolute Gasteiger partial charge is 0.375 e. The molecule has 9 nitrogen and oxygen atoms in total. The van der Waals surface area contributed by atoms with E-state index in [1.165, 1.54) is 0 Å². The van der Waals surface area contributed by atoms with E-state index in [1.807, 2.05) is 61.8 Å². The van der Waals surface area contributed by atoms with Gasteiger partial charge >= 0.3 is 6.03 Å². The van der Waals surface area contributed by atoms with Crippen LogP contribution in [0.4, 0.5) is 10.5 Å². The number of aryl methyl sites for hydroxylation is 1. The summed E-state index contributed by atoms with van der Waals surface area (Å²) in [5, 5.41) is 8.08. The molecule has 3 aliphatic rings. The van der Waals surface area contributed by atoms with Crippen molar-refractivity contribution < 1.29 is 9.53 Å². The molecule has 7 rings (SSSR count). The number of hydrogen-bond donors (Lipinski definition) is 2. The number of nitrogens with zero attached hydrogens (tertiary/aromatic N) is 5. The number of likely N-dealkylation sites (tertiary alicyclic amines) is 1.